The number of allylic oxidation sites excluding steroid dienone is 3. The van der Waals surface area contributed by atoms with E-state index in [1.54, 1.807) is 0 Å². The lowest BCUT2D eigenvalue weighted by atomic mass is 9.73. The molecule has 1 aromatic rings. The van der Waals surface area contributed by atoms with E-state index in [0.717, 1.165) is 54.6 Å². The van der Waals surface area contributed by atoms with Crippen molar-refractivity contribution >= 4 is 0 Å². The normalized spacial score (nSPS) is 18.5. The minimum atomic E-state index is -0.448. The summed E-state index contributed by atoms with van der Waals surface area (Å²) < 4.78 is 18.6. The average molecular weight is 516 g/mol. The second kappa shape index (κ2) is 14.4. The number of phenolic OH excluding ortho intramolecular Hbond substituents is 1. The molecule has 0 spiro atoms. The first-order valence-electron chi connectivity index (χ1n) is 14.2. The van der Waals surface area contributed by atoms with E-state index in [1.807, 2.05) is 19.9 Å². The Bertz CT molecular complexity index is 902. The lowest BCUT2D eigenvalue weighted by Crippen LogP contribution is -2.38. The third-order valence-electron chi connectivity index (χ3n) is 7.35. The summed E-state index contributed by atoms with van der Waals surface area (Å²) >= 11 is 0. The van der Waals surface area contributed by atoms with Gasteiger partial charge in [0, 0.05) is 11.5 Å². The number of unbranched alkanes of at least 4 members (excludes halogenated alkanes) is 2. The molecule has 5 heteroatoms. The van der Waals surface area contributed by atoms with Crippen LogP contribution in [0, 0.1) is 5.92 Å². The molecule has 1 aromatic carbocycles. The zero-order chi connectivity index (χ0) is 27.6. The number of hydrogen-bond acceptors (Lipinski definition) is 5. The van der Waals surface area contributed by atoms with Gasteiger partial charge in [0.1, 0.15) is 18.1 Å². The molecule has 5 nitrogen and oxygen atoms in total. The smallest absolute Gasteiger partial charge is 0.127 e. The van der Waals surface area contributed by atoms with Gasteiger partial charge < -0.3 is 25.1 Å². The first-order valence-corrected chi connectivity index (χ1v) is 14.2. The molecule has 1 aliphatic rings. The molecule has 0 aromatic heterocycles. The second-order valence-electron chi connectivity index (χ2n) is 12.1. The Kier molecular flexibility index (Phi) is 12.2. The second-order valence-corrected chi connectivity index (χ2v) is 12.1. The van der Waals surface area contributed by atoms with Gasteiger partial charge in [-0.1, -0.05) is 43.6 Å². The van der Waals surface area contributed by atoms with Crippen LogP contribution in [0.15, 0.2) is 35.9 Å². The van der Waals surface area contributed by atoms with Crippen molar-refractivity contribution in [3.05, 3.63) is 47.1 Å². The van der Waals surface area contributed by atoms with Crippen molar-refractivity contribution in [3.8, 4) is 11.5 Å². The fraction of sp³-hybridized carbons (Fsp3) is 0.688. The Labute approximate surface area is 226 Å². The number of aryl methyl sites for hydroxylation is 1. The van der Waals surface area contributed by atoms with Crippen molar-refractivity contribution in [3.63, 3.8) is 0 Å². The van der Waals surface area contributed by atoms with Crippen LogP contribution in [-0.4, -0.2) is 42.7 Å². The number of ether oxygens (including phenoxy) is 3. The molecule has 0 bridgehead atoms. The van der Waals surface area contributed by atoms with E-state index < -0.39 is 5.60 Å². The highest BCUT2D eigenvalue weighted by molar-refractivity contribution is 5.52. The van der Waals surface area contributed by atoms with Crippen LogP contribution in [-0.2, 0) is 15.9 Å². The number of nitrogens with two attached hydrogens (primary N) is 1. The van der Waals surface area contributed by atoms with Crippen molar-refractivity contribution in [2.24, 2.45) is 11.7 Å². The minimum Gasteiger partial charge on any atom is -0.507 e. The third kappa shape index (κ3) is 10.1. The number of rotatable bonds is 16. The van der Waals surface area contributed by atoms with Gasteiger partial charge in [-0.25, -0.2) is 0 Å². The zero-order valence-electron chi connectivity index (χ0n) is 24.6. The van der Waals surface area contributed by atoms with Gasteiger partial charge in [-0.3, -0.25) is 0 Å². The lowest BCUT2D eigenvalue weighted by molar-refractivity contribution is -0.124. The van der Waals surface area contributed by atoms with Crippen LogP contribution in [0.5, 0.6) is 11.5 Å². The predicted molar refractivity (Wildman–Crippen MR) is 155 cm³/mol. The standard InChI is InChI=1S/C32H53NO4/c1-9-10-11-12-25-20-28(34)30(27-19-24(4)13-14-26(27)23(2)3)29(21-25)35-17-18-36-32(7,8)22-37-31(5,6)15-16-33/h19-21,26-27,34H,2,9-18,22,33H2,1,3-8H3. The number of aromatic hydroxyl groups is 1. The average Bonchev–Trinajstić information content (AvgIpc) is 2.80. The summed E-state index contributed by atoms with van der Waals surface area (Å²) in [4.78, 5) is 0. The Morgan fingerprint density at radius 2 is 1.84 bits per heavy atom. The number of benzene rings is 1. The zero-order valence-corrected chi connectivity index (χ0v) is 24.6. The van der Waals surface area contributed by atoms with E-state index in [9.17, 15) is 5.11 Å². The molecule has 0 amide bonds. The largest absolute Gasteiger partial charge is 0.507 e. The molecule has 3 N–H and O–H groups in total. The molecule has 2 rings (SSSR count). The predicted octanol–water partition coefficient (Wildman–Crippen LogP) is 7.46. The first kappa shape index (κ1) is 31.4. The number of hydrogen-bond donors (Lipinski definition) is 2. The van der Waals surface area contributed by atoms with Gasteiger partial charge in [-0.2, -0.15) is 0 Å². The van der Waals surface area contributed by atoms with E-state index in [1.165, 1.54) is 18.4 Å². The molecule has 1 aliphatic carbocycles. The molecule has 2 atom stereocenters. The highest BCUT2D eigenvalue weighted by Gasteiger charge is 2.31. The highest BCUT2D eigenvalue weighted by atomic mass is 16.6. The summed E-state index contributed by atoms with van der Waals surface area (Å²) in [5, 5.41) is 11.2. The van der Waals surface area contributed by atoms with E-state index in [4.69, 9.17) is 19.9 Å². The van der Waals surface area contributed by atoms with E-state index in [0.29, 0.717) is 32.1 Å². The summed E-state index contributed by atoms with van der Waals surface area (Å²) in [6, 6.07) is 4.06. The van der Waals surface area contributed by atoms with Gasteiger partial charge in [0.05, 0.1) is 24.4 Å². The minimum absolute atomic E-state index is 0.0569. The van der Waals surface area contributed by atoms with Gasteiger partial charge in [-0.05, 0) is 104 Å². The van der Waals surface area contributed by atoms with Gasteiger partial charge in [-0.15, -0.1) is 0 Å². The SMILES string of the molecule is C=C(C)C1CCC(C)=CC1c1c(O)cc(CCCCC)cc1OCCOC(C)(C)COC(C)(C)CCN. The van der Waals surface area contributed by atoms with Crippen LogP contribution in [0.3, 0.4) is 0 Å². The Hall–Kier alpha value is -1.82. The van der Waals surface area contributed by atoms with Crippen LogP contribution in [0.4, 0.5) is 0 Å². The summed E-state index contributed by atoms with van der Waals surface area (Å²) in [5.41, 5.74) is 9.47. The van der Waals surface area contributed by atoms with Crippen LogP contribution in [0.25, 0.3) is 0 Å². The maximum Gasteiger partial charge on any atom is 0.127 e. The van der Waals surface area contributed by atoms with E-state index >= 15 is 0 Å². The summed E-state index contributed by atoms with van der Waals surface area (Å²) in [5.74, 6) is 1.42. The molecule has 0 aliphatic heterocycles. The molecule has 0 radical (unpaired) electrons. The monoisotopic (exact) mass is 515 g/mol. The summed E-state index contributed by atoms with van der Waals surface area (Å²) in [7, 11) is 0. The van der Waals surface area contributed by atoms with Crippen molar-refractivity contribution < 1.29 is 19.3 Å². The molecule has 0 saturated heterocycles. The van der Waals surface area contributed by atoms with Crippen molar-refractivity contribution in [1.82, 2.24) is 0 Å². The molecular formula is C32H53NO4. The van der Waals surface area contributed by atoms with E-state index in [-0.39, 0.29) is 17.4 Å². The molecule has 0 fully saturated rings. The fourth-order valence-corrected chi connectivity index (χ4v) is 5.05. The third-order valence-corrected chi connectivity index (χ3v) is 7.35. The molecule has 37 heavy (non-hydrogen) atoms. The molecule has 210 valence electrons. The van der Waals surface area contributed by atoms with Gasteiger partial charge in [0.25, 0.3) is 0 Å². The summed E-state index contributed by atoms with van der Waals surface area (Å²) in [6.45, 7) is 20.8. The summed E-state index contributed by atoms with van der Waals surface area (Å²) in [6.07, 6.45) is 9.57. The van der Waals surface area contributed by atoms with Crippen LogP contribution >= 0.6 is 0 Å². The van der Waals surface area contributed by atoms with Crippen LogP contribution in [0.1, 0.15) is 104 Å². The van der Waals surface area contributed by atoms with Crippen molar-refractivity contribution in [1.29, 1.82) is 0 Å². The van der Waals surface area contributed by atoms with Crippen LogP contribution < -0.4 is 10.5 Å². The maximum atomic E-state index is 11.2. The lowest BCUT2D eigenvalue weighted by Gasteiger charge is -2.33. The quantitative estimate of drug-likeness (QED) is 0.177. The number of phenols is 1. The van der Waals surface area contributed by atoms with Gasteiger partial charge in [0.2, 0.25) is 0 Å². The topological polar surface area (TPSA) is 73.9 Å². The fourth-order valence-electron chi connectivity index (χ4n) is 5.05. The molecule has 0 heterocycles. The maximum absolute atomic E-state index is 11.2. The molecule has 0 saturated carbocycles. The van der Waals surface area contributed by atoms with Crippen molar-refractivity contribution in [2.75, 3.05) is 26.4 Å². The Morgan fingerprint density at radius 1 is 1.11 bits per heavy atom. The van der Waals surface area contributed by atoms with Crippen molar-refractivity contribution in [2.45, 2.75) is 111 Å². The first-order chi connectivity index (χ1) is 17.4. The van der Waals surface area contributed by atoms with Gasteiger partial charge >= 0.3 is 0 Å². The molecule has 2 unspecified atom stereocenters. The Morgan fingerprint density at radius 3 is 2.49 bits per heavy atom. The van der Waals surface area contributed by atoms with Crippen LogP contribution in [0.2, 0.25) is 0 Å². The van der Waals surface area contributed by atoms with Gasteiger partial charge in [0.15, 0.2) is 0 Å². The Balaban J connectivity index is 2.18. The van der Waals surface area contributed by atoms with E-state index in [2.05, 4.69) is 53.3 Å². The molecular weight excluding hydrogens is 462 g/mol. The highest BCUT2D eigenvalue weighted by Crippen LogP contribution is 2.47.